The second-order valence-corrected chi connectivity index (χ2v) is 7.85. The zero-order chi connectivity index (χ0) is 22.8. The average Bonchev–Trinajstić information content (AvgIpc) is 3.24. The number of benzene rings is 2. The topological polar surface area (TPSA) is 98.8 Å². The number of thioether (sulfide) groups is 1. The van der Waals surface area contributed by atoms with Crippen molar-refractivity contribution in [2.75, 3.05) is 12.4 Å². The van der Waals surface area contributed by atoms with Gasteiger partial charge in [-0.25, -0.2) is 5.43 Å². The van der Waals surface area contributed by atoms with Crippen molar-refractivity contribution in [2.45, 2.75) is 11.8 Å². The molecule has 0 aliphatic carbocycles. The van der Waals surface area contributed by atoms with Crippen LogP contribution >= 0.6 is 35.0 Å². The number of carbonyl (C=O) groups excluding carboxylic acids is 1. The smallest absolute Gasteiger partial charge is 0.277 e. The van der Waals surface area contributed by atoms with E-state index in [-0.39, 0.29) is 29.4 Å². The van der Waals surface area contributed by atoms with E-state index in [1.807, 2.05) is 12.1 Å². The van der Waals surface area contributed by atoms with Gasteiger partial charge in [0, 0.05) is 5.02 Å². The number of carbonyl (C=O) groups is 1. The zero-order valence-corrected chi connectivity index (χ0v) is 19.0. The van der Waals surface area contributed by atoms with Gasteiger partial charge in [-0.2, -0.15) is 5.10 Å². The largest absolute Gasteiger partial charge is 0.490 e. The van der Waals surface area contributed by atoms with Crippen LogP contribution in [0.5, 0.6) is 11.5 Å². The van der Waals surface area contributed by atoms with Crippen molar-refractivity contribution in [1.29, 1.82) is 0 Å². The number of rotatable bonds is 11. The Kier molecular flexibility index (Phi) is 8.97. The second-order valence-electron chi connectivity index (χ2n) is 6.08. The van der Waals surface area contributed by atoms with Gasteiger partial charge in [0.1, 0.15) is 18.1 Å². The Morgan fingerprint density at radius 2 is 2.00 bits per heavy atom. The quantitative estimate of drug-likeness (QED) is 0.178. The second kappa shape index (κ2) is 12.1. The number of hydrogen-bond donors (Lipinski definition) is 1. The molecule has 0 aliphatic heterocycles. The molecular formula is C21H18Cl2N4O4S. The van der Waals surface area contributed by atoms with Crippen LogP contribution < -0.4 is 14.9 Å². The van der Waals surface area contributed by atoms with E-state index in [1.54, 1.807) is 36.4 Å². The summed E-state index contributed by atoms with van der Waals surface area (Å²) in [6.07, 6.45) is 3.20. The third-order valence-corrected chi connectivity index (χ3v) is 5.02. The first-order chi connectivity index (χ1) is 15.5. The van der Waals surface area contributed by atoms with Gasteiger partial charge in [-0.1, -0.05) is 47.6 Å². The van der Waals surface area contributed by atoms with Gasteiger partial charge in [0.05, 0.1) is 17.0 Å². The van der Waals surface area contributed by atoms with Gasteiger partial charge in [0.2, 0.25) is 0 Å². The molecule has 0 fully saturated rings. The van der Waals surface area contributed by atoms with Crippen LogP contribution in [-0.4, -0.2) is 34.7 Å². The molecule has 32 heavy (non-hydrogen) atoms. The molecule has 0 spiro atoms. The number of nitrogens with zero attached hydrogens (tertiary/aromatic N) is 3. The molecule has 166 valence electrons. The molecule has 1 amide bonds. The van der Waals surface area contributed by atoms with Crippen molar-refractivity contribution >= 4 is 47.1 Å². The lowest BCUT2D eigenvalue weighted by Gasteiger charge is -2.05. The van der Waals surface area contributed by atoms with Crippen LogP contribution in [0.2, 0.25) is 10.0 Å². The molecule has 0 unspecified atom stereocenters. The fourth-order valence-electron chi connectivity index (χ4n) is 2.23. The molecular weight excluding hydrogens is 475 g/mol. The summed E-state index contributed by atoms with van der Waals surface area (Å²) in [6, 6.07) is 12.1. The van der Waals surface area contributed by atoms with Crippen molar-refractivity contribution in [3.63, 3.8) is 0 Å². The van der Waals surface area contributed by atoms with E-state index >= 15 is 0 Å². The third kappa shape index (κ3) is 7.60. The van der Waals surface area contributed by atoms with E-state index in [0.29, 0.717) is 22.4 Å². The van der Waals surface area contributed by atoms with Crippen molar-refractivity contribution in [1.82, 2.24) is 15.6 Å². The molecule has 1 aromatic heterocycles. The van der Waals surface area contributed by atoms with E-state index in [2.05, 4.69) is 27.3 Å². The highest BCUT2D eigenvalue weighted by Gasteiger charge is 2.11. The summed E-state index contributed by atoms with van der Waals surface area (Å²) in [5.41, 5.74) is 3.25. The van der Waals surface area contributed by atoms with Crippen LogP contribution in [0.3, 0.4) is 0 Å². The summed E-state index contributed by atoms with van der Waals surface area (Å²) in [4.78, 5) is 11.9. The standard InChI is InChI=1S/C21H18Cl2N4O4S/c1-2-9-29-16-6-3-14(4-7-16)11-24-25-19(28)13-32-21-27-26-20(31-21)12-30-18-8-5-15(22)10-17(18)23/h2-8,10-11H,1,9,12-13H2,(H,25,28)/b24-11-. The summed E-state index contributed by atoms with van der Waals surface area (Å²) < 4.78 is 16.4. The van der Waals surface area contributed by atoms with Gasteiger partial charge in [0.25, 0.3) is 17.0 Å². The number of aromatic nitrogens is 2. The Labute approximate surface area is 198 Å². The maximum absolute atomic E-state index is 11.9. The summed E-state index contributed by atoms with van der Waals surface area (Å²) >= 11 is 13.0. The minimum Gasteiger partial charge on any atom is -0.490 e. The van der Waals surface area contributed by atoms with E-state index in [1.165, 1.54) is 6.21 Å². The highest BCUT2D eigenvalue weighted by atomic mass is 35.5. The van der Waals surface area contributed by atoms with Gasteiger partial charge in [-0.3, -0.25) is 4.79 Å². The minimum absolute atomic E-state index is 0.0306. The first kappa shape index (κ1) is 23.6. The zero-order valence-electron chi connectivity index (χ0n) is 16.7. The molecule has 0 bridgehead atoms. The molecule has 1 N–H and O–H groups in total. The molecule has 8 nitrogen and oxygen atoms in total. The van der Waals surface area contributed by atoms with Crippen LogP contribution in [0.15, 0.2) is 69.9 Å². The minimum atomic E-state index is -0.318. The van der Waals surface area contributed by atoms with Gasteiger partial charge in [-0.15, -0.1) is 10.2 Å². The van der Waals surface area contributed by atoms with Crippen LogP contribution in [0.25, 0.3) is 0 Å². The third-order valence-electron chi connectivity index (χ3n) is 3.67. The number of amides is 1. The number of ether oxygens (including phenoxy) is 2. The van der Waals surface area contributed by atoms with Gasteiger partial charge in [-0.05, 0) is 48.0 Å². The molecule has 1 heterocycles. The predicted octanol–water partition coefficient (Wildman–Crippen LogP) is 4.76. The number of hydrogen-bond acceptors (Lipinski definition) is 8. The predicted molar refractivity (Wildman–Crippen MR) is 124 cm³/mol. The van der Waals surface area contributed by atoms with E-state index in [4.69, 9.17) is 37.1 Å². The Morgan fingerprint density at radius 1 is 1.19 bits per heavy atom. The number of halogens is 2. The maximum Gasteiger partial charge on any atom is 0.277 e. The first-order valence-corrected chi connectivity index (χ1v) is 11.0. The molecule has 0 radical (unpaired) electrons. The Bertz CT molecular complexity index is 1090. The fraction of sp³-hybridized carbons (Fsp3) is 0.143. The van der Waals surface area contributed by atoms with Crippen LogP contribution in [0.4, 0.5) is 0 Å². The van der Waals surface area contributed by atoms with Crippen LogP contribution in [0, 0.1) is 0 Å². The average molecular weight is 493 g/mol. The molecule has 3 aromatic rings. The monoisotopic (exact) mass is 492 g/mol. The van der Waals surface area contributed by atoms with Gasteiger partial charge >= 0.3 is 0 Å². The van der Waals surface area contributed by atoms with Crippen molar-refractivity contribution in [2.24, 2.45) is 5.10 Å². The lowest BCUT2D eigenvalue weighted by molar-refractivity contribution is -0.118. The molecule has 0 aliphatic rings. The van der Waals surface area contributed by atoms with E-state index in [9.17, 15) is 4.79 Å². The Hall–Kier alpha value is -3.01. The van der Waals surface area contributed by atoms with Crippen molar-refractivity contribution in [3.05, 3.63) is 76.6 Å². The molecule has 2 aromatic carbocycles. The summed E-state index contributed by atoms with van der Waals surface area (Å²) in [7, 11) is 0. The summed E-state index contributed by atoms with van der Waals surface area (Å²) in [6.45, 7) is 4.06. The van der Waals surface area contributed by atoms with Crippen LogP contribution in [0.1, 0.15) is 11.5 Å². The van der Waals surface area contributed by atoms with Crippen molar-refractivity contribution < 1.29 is 18.7 Å². The lowest BCUT2D eigenvalue weighted by Crippen LogP contribution is -2.19. The number of hydrazone groups is 1. The normalized spacial score (nSPS) is 10.8. The van der Waals surface area contributed by atoms with Gasteiger partial charge in [0.15, 0.2) is 6.61 Å². The molecule has 3 rings (SSSR count). The highest BCUT2D eigenvalue weighted by Crippen LogP contribution is 2.28. The Morgan fingerprint density at radius 3 is 2.75 bits per heavy atom. The fourth-order valence-corrected chi connectivity index (χ4v) is 3.27. The van der Waals surface area contributed by atoms with E-state index < -0.39 is 0 Å². The molecule has 11 heteroatoms. The van der Waals surface area contributed by atoms with Crippen LogP contribution in [-0.2, 0) is 11.4 Å². The first-order valence-electron chi connectivity index (χ1n) is 9.22. The molecule has 0 saturated carbocycles. The molecule has 0 saturated heterocycles. The van der Waals surface area contributed by atoms with Gasteiger partial charge < -0.3 is 13.9 Å². The summed E-state index contributed by atoms with van der Waals surface area (Å²) in [5.74, 6) is 1.15. The summed E-state index contributed by atoms with van der Waals surface area (Å²) in [5, 5.41) is 12.8. The lowest BCUT2D eigenvalue weighted by atomic mass is 10.2. The Balaban J connectivity index is 1.40. The number of nitrogens with one attached hydrogen (secondary N) is 1. The van der Waals surface area contributed by atoms with Crippen molar-refractivity contribution in [3.8, 4) is 11.5 Å². The molecule has 0 atom stereocenters. The maximum atomic E-state index is 11.9. The highest BCUT2D eigenvalue weighted by molar-refractivity contribution is 7.99. The SMILES string of the molecule is C=CCOc1ccc(/C=N\NC(=O)CSc2nnc(COc3ccc(Cl)cc3Cl)o2)cc1. The van der Waals surface area contributed by atoms with E-state index in [0.717, 1.165) is 23.1 Å².